The van der Waals surface area contributed by atoms with Crippen LogP contribution in [0.3, 0.4) is 0 Å². The van der Waals surface area contributed by atoms with Crippen molar-refractivity contribution >= 4 is 6.01 Å². The van der Waals surface area contributed by atoms with Gasteiger partial charge in [0.25, 0.3) is 0 Å². The van der Waals surface area contributed by atoms with E-state index in [2.05, 4.69) is 41.6 Å². The van der Waals surface area contributed by atoms with Crippen LogP contribution < -0.4 is 10.6 Å². The minimum Gasteiger partial charge on any atom is -0.407 e. The van der Waals surface area contributed by atoms with E-state index in [1.54, 1.807) is 0 Å². The monoisotopic (exact) mass is 252 g/mol. The number of aromatic nitrogens is 2. The lowest BCUT2D eigenvalue weighted by molar-refractivity contribution is 0.178. The number of hydrogen-bond acceptors (Lipinski definition) is 5. The second-order valence-electron chi connectivity index (χ2n) is 6.04. The van der Waals surface area contributed by atoms with Gasteiger partial charge in [-0.25, -0.2) is 0 Å². The zero-order valence-electron chi connectivity index (χ0n) is 11.6. The maximum Gasteiger partial charge on any atom is 0.315 e. The van der Waals surface area contributed by atoms with E-state index in [1.807, 2.05) is 0 Å². The predicted octanol–water partition coefficient (Wildman–Crippen LogP) is 2.42. The molecule has 1 aliphatic carbocycles. The second kappa shape index (κ2) is 5.69. The van der Waals surface area contributed by atoms with Crippen LogP contribution in [0.4, 0.5) is 6.01 Å². The lowest BCUT2D eigenvalue weighted by Crippen LogP contribution is -2.33. The highest BCUT2D eigenvalue weighted by molar-refractivity contribution is 5.18. The molecular formula is C13H24N4O. The lowest BCUT2D eigenvalue weighted by atomic mass is 9.70. The van der Waals surface area contributed by atoms with Crippen molar-refractivity contribution in [3.63, 3.8) is 0 Å². The third-order valence-corrected chi connectivity index (χ3v) is 3.52. The van der Waals surface area contributed by atoms with E-state index < -0.39 is 0 Å². The van der Waals surface area contributed by atoms with Crippen LogP contribution in [-0.4, -0.2) is 23.3 Å². The molecule has 0 radical (unpaired) electrons. The van der Waals surface area contributed by atoms with Crippen molar-refractivity contribution in [1.82, 2.24) is 15.5 Å². The third kappa shape index (κ3) is 3.70. The van der Waals surface area contributed by atoms with E-state index in [-0.39, 0.29) is 0 Å². The zero-order valence-corrected chi connectivity index (χ0v) is 11.6. The molecule has 0 amide bonds. The Morgan fingerprint density at radius 1 is 1.33 bits per heavy atom. The van der Waals surface area contributed by atoms with Gasteiger partial charge in [-0.3, -0.25) is 0 Å². The van der Waals surface area contributed by atoms with Crippen LogP contribution in [0.25, 0.3) is 0 Å². The molecule has 1 saturated carbocycles. The highest BCUT2D eigenvalue weighted by atomic mass is 16.4. The normalized spacial score (nSPS) is 17.8. The van der Waals surface area contributed by atoms with Gasteiger partial charge in [0.1, 0.15) is 0 Å². The zero-order chi connectivity index (χ0) is 13.0. The van der Waals surface area contributed by atoms with Gasteiger partial charge in [-0.15, -0.1) is 5.10 Å². The molecule has 1 aromatic heterocycles. The molecule has 102 valence electrons. The smallest absolute Gasteiger partial charge is 0.315 e. The van der Waals surface area contributed by atoms with E-state index in [9.17, 15) is 0 Å². The summed E-state index contributed by atoms with van der Waals surface area (Å²) < 4.78 is 5.53. The summed E-state index contributed by atoms with van der Waals surface area (Å²) in [6.07, 6.45) is 3.92. The van der Waals surface area contributed by atoms with Gasteiger partial charge >= 0.3 is 6.01 Å². The summed E-state index contributed by atoms with van der Waals surface area (Å²) in [5.74, 6) is 1.28. The maximum atomic E-state index is 5.53. The van der Waals surface area contributed by atoms with E-state index in [0.29, 0.717) is 29.8 Å². The largest absolute Gasteiger partial charge is 0.407 e. The Bertz CT molecular complexity index is 371. The summed E-state index contributed by atoms with van der Waals surface area (Å²) in [6, 6.07) is 0.546. The van der Waals surface area contributed by atoms with Crippen LogP contribution in [0.15, 0.2) is 4.42 Å². The van der Waals surface area contributed by atoms with E-state index in [0.717, 1.165) is 13.1 Å². The molecule has 0 aliphatic heterocycles. The molecule has 18 heavy (non-hydrogen) atoms. The van der Waals surface area contributed by atoms with Crippen LogP contribution in [0.2, 0.25) is 0 Å². The number of nitrogens with zero attached hydrogens (tertiary/aromatic N) is 2. The summed E-state index contributed by atoms with van der Waals surface area (Å²) in [7, 11) is 0. The van der Waals surface area contributed by atoms with Gasteiger partial charge in [0.15, 0.2) is 0 Å². The van der Waals surface area contributed by atoms with Crippen molar-refractivity contribution in [1.29, 1.82) is 0 Å². The molecule has 2 rings (SSSR count). The van der Waals surface area contributed by atoms with Crippen molar-refractivity contribution in [3.8, 4) is 0 Å². The Kier molecular flexibility index (Phi) is 4.22. The molecule has 1 aliphatic rings. The molecule has 0 spiro atoms. The third-order valence-electron chi connectivity index (χ3n) is 3.52. The first-order valence-corrected chi connectivity index (χ1v) is 6.84. The van der Waals surface area contributed by atoms with Gasteiger partial charge in [0.05, 0.1) is 6.54 Å². The van der Waals surface area contributed by atoms with E-state index in [4.69, 9.17) is 4.42 Å². The Morgan fingerprint density at radius 3 is 2.72 bits per heavy atom. The van der Waals surface area contributed by atoms with Crippen molar-refractivity contribution in [2.24, 2.45) is 11.3 Å². The maximum absolute atomic E-state index is 5.53. The number of hydrogen-bond donors (Lipinski definition) is 2. The van der Waals surface area contributed by atoms with Crippen molar-refractivity contribution in [2.45, 2.75) is 46.6 Å². The molecule has 5 nitrogen and oxygen atoms in total. The first kappa shape index (κ1) is 13.3. The van der Waals surface area contributed by atoms with E-state index >= 15 is 0 Å². The number of anilines is 1. The van der Waals surface area contributed by atoms with Crippen LogP contribution >= 0.6 is 0 Å². The Balaban J connectivity index is 1.72. The molecular weight excluding hydrogens is 228 g/mol. The SMILES string of the molecule is CC(C)CNCc1nnc(NCC2(C)CCC2)o1. The molecule has 1 heterocycles. The fraction of sp³-hybridized carbons (Fsp3) is 0.846. The van der Waals surface area contributed by atoms with Gasteiger partial charge in [-0.05, 0) is 30.7 Å². The number of nitrogens with one attached hydrogen (secondary N) is 2. The highest BCUT2D eigenvalue weighted by Crippen LogP contribution is 2.40. The average Bonchev–Trinajstić information content (AvgIpc) is 2.71. The molecule has 5 heteroatoms. The average molecular weight is 252 g/mol. The quantitative estimate of drug-likeness (QED) is 0.780. The van der Waals surface area contributed by atoms with Crippen LogP contribution in [0.1, 0.15) is 45.9 Å². The van der Waals surface area contributed by atoms with Gasteiger partial charge in [-0.1, -0.05) is 32.3 Å². The molecule has 2 N–H and O–H groups in total. The molecule has 0 bridgehead atoms. The van der Waals surface area contributed by atoms with Crippen molar-refractivity contribution < 1.29 is 4.42 Å². The second-order valence-corrected chi connectivity index (χ2v) is 6.04. The first-order chi connectivity index (χ1) is 8.57. The summed E-state index contributed by atoms with van der Waals surface area (Å²) >= 11 is 0. The van der Waals surface area contributed by atoms with Gasteiger partial charge < -0.3 is 15.1 Å². The standard InChI is InChI=1S/C13H24N4O/c1-10(2)7-14-8-11-16-17-12(18-11)15-9-13(3)5-4-6-13/h10,14H,4-9H2,1-3H3,(H,15,17). The molecule has 0 atom stereocenters. The summed E-state index contributed by atoms with van der Waals surface area (Å²) in [5, 5.41) is 14.5. The van der Waals surface area contributed by atoms with Gasteiger partial charge in [-0.2, -0.15) is 0 Å². The van der Waals surface area contributed by atoms with Crippen molar-refractivity contribution in [3.05, 3.63) is 5.89 Å². The first-order valence-electron chi connectivity index (χ1n) is 6.84. The predicted molar refractivity (Wildman–Crippen MR) is 71.3 cm³/mol. The molecule has 0 saturated heterocycles. The highest BCUT2D eigenvalue weighted by Gasteiger charge is 2.31. The topological polar surface area (TPSA) is 63.0 Å². The van der Waals surface area contributed by atoms with Gasteiger partial charge in [0, 0.05) is 6.54 Å². The Morgan fingerprint density at radius 2 is 2.11 bits per heavy atom. The number of rotatable bonds is 7. The summed E-state index contributed by atoms with van der Waals surface area (Å²) in [5.41, 5.74) is 0.421. The molecule has 1 fully saturated rings. The molecule has 0 unspecified atom stereocenters. The summed E-state index contributed by atoms with van der Waals surface area (Å²) in [6.45, 7) is 9.17. The van der Waals surface area contributed by atoms with Crippen molar-refractivity contribution in [2.75, 3.05) is 18.4 Å². The Hall–Kier alpha value is -1.10. The minimum absolute atomic E-state index is 0.421. The fourth-order valence-electron chi connectivity index (χ4n) is 2.11. The van der Waals surface area contributed by atoms with Crippen LogP contribution in [0, 0.1) is 11.3 Å². The van der Waals surface area contributed by atoms with Crippen LogP contribution in [-0.2, 0) is 6.54 Å². The van der Waals surface area contributed by atoms with Crippen LogP contribution in [0.5, 0.6) is 0 Å². The summed E-state index contributed by atoms with van der Waals surface area (Å²) in [4.78, 5) is 0. The molecule has 1 aromatic rings. The van der Waals surface area contributed by atoms with E-state index in [1.165, 1.54) is 19.3 Å². The van der Waals surface area contributed by atoms with Gasteiger partial charge in [0.2, 0.25) is 5.89 Å². The lowest BCUT2D eigenvalue weighted by Gasteiger charge is -2.38. The molecule has 0 aromatic carbocycles. The Labute approximate surface area is 109 Å². The fourth-order valence-corrected chi connectivity index (χ4v) is 2.11. The minimum atomic E-state index is 0.421.